The number of nitrogens with zero attached hydrogens (tertiary/aromatic N) is 2. The molecule has 0 aromatic heterocycles. The van der Waals surface area contributed by atoms with Gasteiger partial charge in [-0.2, -0.15) is 0 Å². The Hall–Kier alpha value is -0.900. The molecular formula is C8H12N2O2. The normalized spacial score (nSPS) is 27.1. The molecule has 0 saturated carbocycles. The number of likely N-dealkylation sites (N-methyl/N-ethyl adjacent to an activating group) is 1. The van der Waals surface area contributed by atoms with E-state index in [1.165, 1.54) is 0 Å². The SMILES string of the molecule is CN1C=NC2(CCOCC2)C1=O. The molecule has 0 bridgehead atoms. The second kappa shape index (κ2) is 2.55. The number of aliphatic imine (C=N–C) groups is 1. The number of carbonyl (C=O) groups is 1. The predicted octanol–water partition coefficient (Wildman–Crippen LogP) is 0.0359. The number of hydrogen-bond acceptors (Lipinski definition) is 3. The van der Waals surface area contributed by atoms with Crippen molar-refractivity contribution in [3.05, 3.63) is 0 Å². The Morgan fingerprint density at radius 3 is 2.75 bits per heavy atom. The molecule has 0 N–H and O–H groups in total. The molecule has 2 rings (SSSR count). The van der Waals surface area contributed by atoms with Gasteiger partial charge < -0.3 is 9.64 Å². The lowest BCUT2D eigenvalue weighted by Crippen LogP contribution is -2.44. The minimum Gasteiger partial charge on any atom is -0.381 e. The van der Waals surface area contributed by atoms with Gasteiger partial charge >= 0.3 is 0 Å². The minimum absolute atomic E-state index is 0.116. The topological polar surface area (TPSA) is 41.9 Å². The smallest absolute Gasteiger partial charge is 0.255 e. The second-order valence-corrected chi connectivity index (χ2v) is 3.30. The van der Waals surface area contributed by atoms with Gasteiger partial charge in [-0.25, -0.2) is 0 Å². The maximum Gasteiger partial charge on any atom is 0.255 e. The Labute approximate surface area is 71.2 Å². The lowest BCUT2D eigenvalue weighted by Gasteiger charge is -2.28. The fourth-order valence-corrected chi connectivity index (χ4v) is 1.69. The van der Waals surface area contributed by atoms with Gasteiger partial charge in [-0.15, -0.1) is 0 Å². The van der Waals surface area contributed by atoms with Crippen molar-refractivity contribution in [2.24, 2.45) is 4.99 Å². The summed E-state index contributed by atoms with van der Waals surface area (Å²) in [5.74, 6) is 0.116. The minimum atomic E-state index is -0.465. The Balaban J connectivity index is 2.20. The Morgan fingerprint density at radius 1 is 1.58 bits per heavy atom. The average Bonchev–Trinajstić information content (AvgIpc) is 2.37. The molecular weight excluding hydrogens is 156 g/mol. The van der Waals surface area contributed by atoms with Gasteiger partial charge in [0, 0.05) is 33.1 Å². The summed E-state index contributed by atoms with van der Waals surface area (Å²) < 4.78 is 5.20. The zero-order chi connectivity index (χ0) is 8.60. The van der Waals surface area contributed by atoms with Gasteiger partial charge in [-0.1, -0.05) is 0 Å². The van der Waals surface area contributed by atoms with Gasteiger partial charge in [0.1, 0.15) is 5.54 Å². The van der Waals surface area contributed by atoms with Crippen LogP contribution in [0.4, 0.5) is 0 Å². The molecule has 4 heteroatoms. The van der Waals surface area contributed by atoms with Crippen LogP contribution in [0.3, 0.4) is 0 Å². The van der Waals surface area contributed by atoms with Crippen molar-refractivity contribution in [3.8, 4) is 0 Å². The predicted molar refractivity (Wildman–Crippen MR) is 44.0 cm³/mol. The van der Waals surface area contributed by atoms with E-state index in [-0.39, 0.29) is 5.91 Å². The van der Waals surface area contributed by atoms with Crippen molar-refractivity contribution in [1.82, 2.24) is 4.90 Å². The Bertz CT molecular complexity index is 231. The molecule has 1 amide bonds. The van der Waals surface area contributed by atoms with E-state index in [4.69, 9.17) is 4.74 Å². The molecule has 0 atom stereocenters. The van der Waals surface area contributed by atoms with Gasteiger partial charge in [0.05, 0.1) is 6.34 Å². The highest BCUT2D eigenvalue weighted by molar-refractivity contribution is 5.99. The number of ether oxygens (including phenoxy) is 1. The molecule has 2 heterocycles. The average molecular weight is 168 g/mol. The maximum atomic E-state index is 11.6. The van der Waals surface area contributed by atoms with Gasteiger partial charge in [-0.3, -0.25) is 9.79 Å². The van der Waals surface area contributed by atoms with Crippen molar-refractivity contribution in [2.75, 3.05) is 20.3 Å². The summed E-state index contributed by atoms with van der Waals surface area (Å²) >= 11 is 0. The van der Waals surface area contributed by atoms with Crippen molar-refractivity contribution in [1.29, 1.82) is 0 Å². The van der Waals surface area contributed by atoms with Crippen molar-refractivity contribution >= 4 is 12.2 Å². The van der Waals surface area contributed by atoms with Crippen LogP contribution in [-0.4, -0.2) is 42.9 Å². The third-order valence-electron chi connectivity index (χ3n) is 2.52. The standard InChI is InChI=1S/C8H12N2O2/c1-10-6-9-8(7(10)11)2-4-12-5-3-8/h6H,2-5H2,1H3. The summed E-state index contributed by atoms with van der Waals surface area (Å²) in [6, 6.07) is 0. The first-order valence-electron chi connectivity index (χ1n) is 4.15. The van der Waals surface area contributed by atoms with E-state index in [9.17, 15) is 4.79 Å². The number of amides is 1. The first-order valence-corrected chi connectivity index (χ1v) is 4.15. The van der Waals surface area contributed by atoms with E-state index in [0.29, 0.717) is 13.2 Å². The van der Waals surface area contributed by atoms with E-state index in [1.54, 1.807) is 18.3 Å². The zero-order valence-electron chi connectivity index (χ0n) is 7.12. The molecule has 2 aliphatic heterocycles. The lowest BCUT2D eigenvalue weighted by atomic mass is 9.90. The zero-order valence-corrected chi connectivity index (χ0v) is 7.12. The van der Waals surface area contributed by atoms with Crippen molar-refractivity contribution in [2.45, 2.75) is 18.4 Å². The van der Waals surface area contributed by atoms with Crippen molar-refractivity contribution < 1.29 is 9.53 Å². The lowest BCUT2D eigenvalue weighted by molar-refractivity contribution is -0.133. The summed E-state index contributed by atoms with van der Waals surface area (Å²) in [6.45, 7) is 1.30. The fourth-order valence-electron chi connectivity index (χ4n) is 1.69. The third-order valence-corrected chi connectivity index (χ3v) is 2.52. The molecule has 0 radical (unpaired) electrons. The largest absolute Gasteiger partial charge is 0.381 e. The second-order valence-electron chi connectivity index (χ2n) is 3.30. The highest BCUT2D eigenvalue weighted by atomic mass is 16.5. The Kier molecular flexibility index (Phi) is 1.65. The quantitative estimate of drug-likeness (QED) is 0.512. The molecule has 66 valence electrons. The monoisotopic (exact) mass is 168 g/mol. The highest BCUT2D eigenvalue weighted by Crippen LogP contribution is 2.29. The van der Waals surface area contributed by atoms with Crippen LogP contribution in [0, 0.1) is 0 Å². The van der Waals surface area contributed by atoms with E-state index in [2.05, 4.69) is 4.99 Å². The molecule has 1 fully saturated rings. The number of carbonyl (C=O) groups excluding carboxylic acids is 1. The summed E-state index contributed by atoms with van der Waals surface area (Å²) in [5.41, 5.74) is -0.465. The van der Waals surface area contributed by atoms with Crippen LogP contribution in [0.1, 0.15) is 12.8 Å². The van der Waals surface area contributed by atoms with Crippen LogP contribution in [0.25, 0.3) is 0 Å². The molecule has 0 aromatic carbocycles. The molecule has 1 saturated heterocycles. The van der Waals surface area contributed by atoms with Crippen LogP contribution in [-0.2, 0) is 9.53 Å². The molecule has 2 aliphatic rings. The van der Waals surface area contributed by atoms with Gasteiger partial charge in [0.2, 0.25) is 0 Å². The van der Waals surface area contributed by atoms with Gasteiger partial charge in [0.15, 0.2) is 0 Å². The van der Waals surface area contributed by atoms with E-state index in [0.717, 1.165) is 12.8 Å². The number of rotatable bonds is 0. The summed E-state index contributed by atoms with van der Waals surface area (Å²) in [6.07, 6.45) is 3.08. The first kappa shape index (κ1) is 7.73. The van der Waals surface area contributed by atoms with E-state index >= 15 is 0 Å². The third kappa shape index (κ3) is 0.948. The molecule has 0 aliphatic carbocycles. The van der Waals surface area contributed by atoms with Crippen LogP contribution in [0.2, 0.25) is 0 Å². The molecule has 12 heavy (non-hydrogen) atoms. The maximum absolute atomic E-state index is 11.6. The molecule has 1 spiro atoms. The van der Waals surface area contributed by atoms with Crippen LogP contribution in [0.15, 0.2) is 4.99 Å². The Morgan fingerprint density at radius 2 is 2.25 bits per heavy atom. The highest BCUT2D eigenvalue weighted by Gasteiger charge is 2.44. The van der Waals surface area contributed by atoms with E-state index < -0.39 is 5.54 Å². The van der Waals surface area contributed by atoms with Crippen LogP contribution >= 0.6 is 0 Å². The fraction of sp³-hybridized carbons (Fsp3) is 0.750. The van der Waals surface area contributed by atoms with Gasteiger partial charge in [0.25, 0.3) is 5.91 Å². The van der Waals surface area contributed by atoms with Crippen LogP contribution in [0.5, 0.6) is 0 Å². The number of hydrogen-bond donors (Lipinski definition) is 0. The molecule has 0 unspecified atom stereocenters. The van der Waals surface area contributed by atoms with E-state index in [1.807, 2.05) is 0 Å². The summed E-state index contributed by atoms with van der Waals surface area (Å²) in [5, 5.41) is 0. The summed E-state index contributed by atoms with van der Waals surface area (Å²) in [7, 11) is 1.75. The van der Waals surface area contributed by atoms with Gasteiger partial charge in [-0.05, 0) is 0 Å². The molecule has 0 aromatic rings. The summed E-state index contributed by atoms with van der Waals surface area (Å²) in [4.78, 5) is 17.4. The van der Waals surface area contributed by atoms with Crippen LogP contribution < -0.4 is 0 Å². The molecule has 4 nitrogen and oxygen atoms in total. The van der Waals surface area contributed by atoms with Crippen molar-refractivity contribution in [3.63, 3.8) is 0 Å². The first-order chi connectivity index (χ1) is 5.75.